The number of nitrogens with zero attached hydrogens (tertiary/aromatic N) is 1. The molecule has 1 atom stereocenters. The Morgan fingerprint density at radius 1 is 1.20 bits per heavy atom. The fourth-order valence-electron chi connectivity index (χ4n) is 1.61. The van der Waals surface area contributed by atoms with Gasteiger partial charge in [0.15, 0.2) is 0 Å². The van der Waals surface area contributed by atoms with Crippen LogP contribution >= 0.6 is 0 Å². The van der Waals surface area contributed by atoms with Crippen molar-refractivity contribution in [1.29, 1.82) is 0 Å². The Kier molecular flexibility index (Phi) is 4.56. The summed E-state index contributed by atoms with van der Waals surface area (Å²) in [4.78, 5) is 2.24. The molecular weight excluding hydrogens is 191 g/mol. The second-order valence-electron chi connectivity index (χ2n) is 3.52. The number of anilines is 1. The van der Waals surface area contributed by atoms with Crippen molar-refractivity contribution in [1.82, 2.24) is 0 Å². The van der Waals surface area contributed by atoms with Crippen LogP contribution in [0.3, 0.4) is 0 Å². The van der Waals surface area contributed by atoms with E-state index in [2.05, 4.69) is 18.7 Å². The van der Waals surface area contributed by atoms with Gasteiger partial charge in [-0.15, -0.1) is 0 Å². The second kappa shape index (κ2) is 5.71. The molecule has 1 rings (SSSR count). The van der Waals surface area contributed by atoms with Crippen molar-refractivity contribution in [3.63, 3.8) is 0 Å². The van der Waals surface area contributed by atoms with Gasteiger partial charge in [-0.1, -0.05) is 12.1 Å². The van der Waals surface area contributed by atoms with E-state index in [4.69, 9.17) is 5.73 Å². The first-order chi connectivity index (χ1) is 7.22. The van der Waals surface area contributed by atoms with Gasteiger partial charge in [-0.25, -0.2) is 4.39 Å². The quantitative estimate of drug-likeness (QED) is 0.809. The lowest BCUT2D eigenvalue weighted by molar-refractivity contribution is 0.437. The highest BCUT2D eigenvalue weighted by Gasteiger charge is 2.06. The van der Waals surface area contributed by atoms with Crippen LogP contribution in [0.25, 0.3) is 0 Å². The molecule has 0 spiro atoms. The zero-order valence-corrected chi connectivity index (χ0v) is 9.41. The van der Waals surface area contributed by atoms with Crippen LogP contribution in [0.2, 0.25) is 0 Å². The van der Waals surface area contributed by atoms with Crippen molar-refractivity contribution in [2.75, 3.05) is 24.7 Å². The van der Waals surface area contributed by atoms with Crippen LogP contribution < -0.4 is 10.6 Å². The smallest absolute Gasteiger partial charge is 0.109 e. The first-order valence-electron chi connectivity index (χ1n) is 5.39. The fraction of sp³-hybridized carbons (Fsp3) is 0.500. The van der Waals surface area contributed by atoms with Crippen molar-refractivity contribution in [2.45, 2.75) is 19.9 Å². The third-order valence-corrected chi connectivity index (χ3v) is 2.62. The zero-order chi connectivity index (χ0) is 11.3. The lowest BCUT2D eigenvalue weighted by Crippen LogP contribution is -2.21. The van der Waals surface area contributed by atoms with Crippen molar-refractivity contribution in [3.8, 4) is 0 Å². The SMILES string of the molecule is CCN(CC)c1ccc([C@H](N)CF)cc1. The predicted octanol–water partition coefficient (Wildman–Crippen LogP) is 2.50. The summed E-state index contributed by atoms with van der Waals surface area (Å²) in [5.41, 5.74) is 7.61. The molecule has 0 bridgehead atoms. The van der Waals surface area contributed by atoms with Gasteiger partial charge in [0.1, 0.15) is 6.67 Å². The molecule has 2 nitrogen and oxygen atoms in total. The lowest BCUT2D eigenvalue weighted by atomic mass is 10.1. The Hall–Kier alpha value is -1.09. The highest BCUT2D eigenvalue weighted by atomic mass is 19.1. The lowest BCUT2D eigenvalue weighted by Gasteiger charge is -2.21. The van der Waals surface area contributed by atoms with Crippen LogP contribution in [-0.4, -0.2) is 19.8 Å². The summed E-state index contributed by atoms with van der Waals surface area (Å²) in [6.07, 6.45) is 0. The Balaban J connectivity index is 2.79. The Bertz CT molecular complexity index is 280. The number of alkyl halides is 1. The van der Waals surface area contributed by atoms with Gasteiger partial charge in [-0.2, -0.15) is 0 Å². The van der Waals surface area contributed by atoms with E-state index >= 15 is 0 Å². The van der Waals surface area contributed by atoms with E-state index in [-0.39, 0.29) is 0 Å². The summed E-state index contributed by atoms with van der Waals surface area (Å²) in [7, 11) is 0. The molecule has 15 heavy (non-hydrogen) atoms. The molecule has 2 N–H and O–H groups in total. The number of benzene rings is 1. The summed E-state index contributed by atoms with van der Waals surface area (Å²) >= 11 is 0. The molecule has 1 aromatic carbocycles. The van der Waals surface area contributed by atoms with Crippen LogP contribution in [-0.2, 0) is 0 Å². The first-order valence-corrected chi connectivity index (χ1v) is 5.39. The average Bonchev–Trinajstić information content (AvgIpc) is 2.30. The van der Waals surface area contributed by atoms with Gasteiger partial charge in [0, 0.05) is 18.8 Å². The van der Waals surface area contributed by atoms with Crippen LogP contribution in [0.4, 0.5) is 10.1 Å². The van der Waals surface area contributed by atoms with Gasteiger partial charge in [0.05, 0.1) is 6.04 Å². The Morgan fingerprint density at radius 3 is 2.13 bits per heavy atom. The highest BCUT2D eigenvalue weighted by molar-refractivity contribution is 5.47. The molecule has 0 aliphatic rings. The van der Waals surface area contributed by atoms with E-state index in [0.29, 0.717) is 0 Å². The number of hydrogen-bond donors (Lipinski definition) is 1. The highest BCUT2D eigenvalue weighted by Crippen LogP contribution is 2.18. The maximum Gasteiger partial charge on any atom is 0.109 e. The molecule has 0 radical (unpaired) electrons. The van der Waals surface area contributed by atoms with Crippen LogP contribution in [0.1, 0.15) is 25.5 Å². The summed E-state index contributed by atoms with van der Waals surface area (Å²) in [6.45, 7) is 5.68. The summed E-state index contributed by atoms with van der Waals surface area (Å²) in [5.74, 6) is 0. The summed E-state index contributed by atoms with van der Waals surface area (Å²) < 4.78 is 12.3. The Morgan fingerprint density at radius 2 is 1.73 bits per heavy atom. The van der Waals surface area contributed by atoms with Gasteiger partial charge in [0.25, 0.3) is 0 Å². The molecule has 0 amide bonds. The van der Waals surface area contributed by atoms with E-state index < -0.39 is 12.7 Å². The van der Waals surface area contributed by atoms with Crippen LogP contribution in [0.15, 0.2) is 24.3 Å². The zero-order valence-electron chi connectivity index (χ0n) is 9.41. The Labute approximate surface area is 90.9 Å². The first kappa shape index (κ1) is 12.0. The van der Waals surface area contributed by atoms with E-state index in [9.17, 15) is 4.39 Å². The fourth-order valence-corrected chi connectivity index (χ4v) is 1.61. The summed E-state index contributed by atoms with van der Waals surface area (Å²) in [6, 6.07) is 7.31. The third kappa shape index (κ3) is 2.93. The number of nitrogens with two attached hydrogens (primary N) is 1. The van der Waals surface area contributed by atoms with Crippen molar-refractivity contribution in [3.05, 3.63) is 29.8 Å². The number of halogens is 1. The van der Waals surface area contributed by atoms with E-state index in [1.165, 1.54) is 0 Å². The molecule has 0 aliphatic heterocycles. The predicted molar refractivity (Wildman–Crippen MR) is 62.9 cm³/mol. The van der Waals surface area contributed by atoms with Crippen LogP contribution in [0.5, 0.6) is 0 Å². The molecule has 0 heterocycles. The van der Waals surface area contributed by atoms with Crippen molar-refractivity contribution >= 4 is 5.69 Å². The molecule has 0 fully saturated rings. The molecule has 0 saturated carbocycles. The van der Waals surface area contributed by atoms with E-state index in [1.807, 2.05) is 24.3 Å². The standard InChI is InChI=1S/C12H19FN2/c1-3-15(4-2)11-7-5-10(6-8-11)12(14)9-13/h5-8,12H,3-4,9,14H2,1-2H3/t12-/m1/s1. The maximum absolute atomic E-state index is 12.3. The molecule has 84 valence electrons. The van der Waals surface area contributed by atoms with Gasteiger partial charge < -0.3 is 10.6 Å². The summed E-state index contributed by atoms with van der Waals surface area (Å²) in [5, 5.41) is 0. The maximum atomic E-state index is 12.3. The van der Waals surface area contributed by atoms with Gasteiger partial charge in [0.2, 0.25) is 0 Å². The van der Waals surface area contributed by atoms with Crippen LogP contribution in [0, 0.1) is 0 Å². The minimum absolute atomic E-state index is 0.490. The molecular formula is C12H19FN2. The minimum Gasteiger partial charge on any atom is -0.372 e. The van der Waals surface area contributed by atoms with Crippen molar-refractivity contribution in [2.24, 2.45) is 5.73 Å². The second-order valence-corrected chi connectivity index (χ2v) is 3.52. The van der Waals surface area contributed by atoms with E-state index in [0.717, 1.165) is 24.3 Å². The molecule has 0 aromatic heterocycles. The molecule has 0 unspecified atom stereocenters. The third-order valence-electron chi connectivity index (χ3n) is 2.62. The topological polar surface area (TPSA) is 29.3 Å². The molecule has 0 aliphatic carbocycles. The monoisotopic (exact) mass is 210 g/mol. The van der Waals surface area contributed by atoms with Gasteiger partial charge in [-0.3, -0.25) is 0 Å². The molecule has 1 aromatic rings. The van der Waals surface area contributed by atoms with Gasteiger partial charge >= 0.3 is 0 Å². The molecule has 3 heteroatoms. The minimum atomic E-state index is -0.509. The number of hydrogen-bond acceptors (Lipinski definition) is 2. The van der Waals surface area contributed by atoms with Gasteiger partial charge in [-0.05, 0) is 31.5 Å². The van der Waals surface area contributed by atoms with E-state index in [1.54, 1.807) is 0 Å². The van der Waals surface area contributed by atoms with Crippen molar-refractivity contribution < 1.29 is 4.39 Å². The number of rotatable bonds is 5. The average molecular weight is 210 g/mol. The normalized spacial score (nSPS) is 12.5. The largest absolute Gasteiger partial charge is 0.372 e. The molecule has 0 saturated heterocycles.